The van der Waals surface area contributed by atoms with Crippen molar-refractivity contribution in [2.75, 3.05) is 5.73 Å². The van der Waals surface area contributed by atoms with E-state index in [1.165, 1.54) is 25.7 Å². The van der Waals surface area contributed by atoms with Crippen molar-refractivity contribution in [1.29, 1.82) is 0 Å². The maximum absolute atomic E-state index is 6.28. The van der Waals surface area contributed by atoms with Gasteiger partial charge in [-0.05, 0) is 50.8 Å². The van der Waals surface area contributed by atoms with Gasteiger partial charge in [0.1, 0.15) is 5.75 Å². The third kappa shape index (κ3) is 2.72. The zero-order valence-corrected chi connectivity index (χ0v) is 12.1. The normalized spacial score (nSPS) is 17.1. The number of nitrogens with two attached hydrogens (primary N) is 1. The average Bonchev–Trinajstić information content (AvgIpc) is 2.70. The van der Waals surface area contributed by atoms with E-state index in [4.69, 9.17) is 10.5 Å². The summed E-state index contributed by atoms with van der Waals surface area (Å²) in [6.45, 7) is 2.00. The molecule has 20 heavy (non-hydrogen) atoms. The van der Waals surface area contributed by atoms with Gasteiger partial charge in [-0.2, -0.15) is 0 Å². The van der Waals surface area contributed by atoms with Crippen molar-refractivity contribution in [3.63, 3.8) is 0 Å². The van der Waals surface area contributed by atoms with E-state index in [9.17, 15) is 0 Å². The van der Waals surface area contributed by atoms with Gasteiger partial charge in [-0.3, -0.25) is 4.98 Å². The van der Waals surface area contributed by atoms with E-state index in [2.05, 4.69) is 11.1 Å². The summed E-state index contributed by atoms with van der Waals surface area (Å²) in [5.41, 5.74) is 7.80. The van der Waals surface area contributed by atoms with Gasteiger partial charge in [-0.15, -0.1) is 0 Å². The lowest BCUT2D eigenvalue weighted by molar-refractivity contribution is 0.186. The van der Waals surface area contributed by atoms with Gasteiger partial charge in [0, 0.05) is 28.4 Å². The third-order valence-corrected chi connectivity index (χ3v) is 4.13. The fourth-order valence-corrected chi connectivity index (χ4v) is 2.98. The van der Waals surface area contributed by atoms with Crippen LogP contribution in [0.15, 0.2) is 24.4 Å². The lowest BCUT2D eigenvalue weighted by Crippen LogP contribution is -2.15. The molecule has 0 spiro atoms. The molecule has 0 saturated heterocycles. The number of ether oxygens (including phenoxy) is 1. The first-order chi connectivity index (χ1) is 9.74. The zero-order chi connectivity index (χ0) is 13.9. The minimum atomic E-state index is 0.345. The molecule has 0 bridgehead atoms. The Hall–Kier alpha value is -1.77. The maximum atomic E-state index is 6.28. The Morgan fingerprint density at radius 3 is 2.60 bits per heavy atom. The SMILES string of the molecule is Cc1cc2c(OC3CCCCCC3)ccc(N)c2cn1. The summed E-state index contributed by atoms with van der Waals surface area (Å²) >= 11 is 0. The van der Waals surface area contributed by atoms with Crippen molar-refractivity contribution in [2.24, 2.45) is 0 Å². The molecular formula is C17H22N2O. The molecule has 1 saturated carbocycles. The summed E-state index contributed by atoms with van der Waals surface area (Å²) in [6.07, 6.45) is 9.75. The topological polar surface area (TPSA) is 48.1 Å². The first kappa shape index (κ1) is 13.2. The van der Waals surface area contributed by atoms with Crippen LogP contribution in [-0.4, -0.2) is 11.1 Å². The van der Waals surface area contributed by atoms with Gasteiger partial charge in [-0.25, -0.2) is 0 Å². The van der Waals surface area contributed by atoms with Crippen LogP contribution in [0.2, 0.25) is 0 Å². The monoisotopic (exact) mass is 270 g/mol. The minimum absolute atomic E-state index is 0.345. The fourth-order valence-electron chi connectivity index (χ4n) is 2.98. The third-order valence-electron chi connectivity index (χ3n) is 4.13. The highest BCUT2D eigenvalue weighted by Gasteiger charge is 2.15. The highest BCUT2D eigenvalue weighted by molar-refractivity contribution is 5.96. The van der Waals surface area contributed by atoms with E-state index >= 15 is 0 Å². The summed E-state index contributed by atoms with van der Waals surface area (Å²) in [6, 6.07) is 5.99. The van der Waals surface area contributed by atoms with Crippen LogP contribution in [-0.2, 0) is 0 Å². The van der Waals surface area contributed by atoms with Crippen molar-refractivity contribution >= 4 is 16.5 Å². The van der Waals surface area contributed by atoms with Crippen molar-refractivity contribution in [3.8, 4) is 5.75 Å². The Morgan fingerprint density at radius 1 is 1.10 bits per heavy atom. The summed E-state index contributed by atoms with van der Waals surface area (Å²) in [5, 5.41) is 2.07. The van der Waals surface area contributed by atoms with Crippen LogP contribution >= 0.6 is 0 Å². The van der Waals surface area contributed by atoms with E-state index in [-0.39, 0.29) is 0 Å². The largest absolute Gasteiger partial charge is 0.490 e. The van der Waals surface area contributed by atoms with Gasteiger partial charge in [0.15, 0.2) is 0 Å². The fraction of sp³-hybridized carbons (Fsp3) is 0.471. The quantitative estimate of drug-likeness (QED) is 0.656. The second-order valence-corrected chi connectivity index (χ2v) is 5.76. The van der Waals surface area contributed by atoms with Crippen LogP contribution in [0.1, 0.15) is 44.2 Å². The number of hydrogen-bond donors (Lipinski definition) is 1. The Balaban J connectivity index is 1.94. The van der Waals surface area contributed by atoms with E-state index in [0.717, 1.165) is 40.7 Å². The molecule has 106 valence electrons. The molecular weight excluding hydrogens is 248 g/mol. The molecule has 0 unspecified atom stereocenters. The molecule has 2 N–H and O–H groups in total. The van der Waals surface area contributed by atoms with Gasteiger partial charge in [0.05, 0.1) is 6.10 Å². The molecule has 1 heterocycles. The molecule has 1 aliphatic rings. The Labute approximate surface area is 120 Å². The highest BCUT2D eigenvalue weighted by Crippen LogP contribution is 2.32. The van der Waals surface area contributed by atoms with Crippen LogP contribution in [0.4, 0.5) is 5.69 Å². The number of anilines is 1. The Morgan fingerprint density at radius 2 is 1.85 bits per heavy atom. The van der Waals surface area contributed by atoms with Crippen LogP contribution in [0.3, 0.4) is 0 Å². The van der Waals surface area contributed by atoms with Gasteiger partial charge in [0.25, 0.3) is 0 Å². The van der Waals surface area contributed by atoms with Crippen molar-refractivity contribution < 1.29 is 4.74 Å². The zero-order valence-electron chi connectivity index (χ0n) is 12.1. The second-order valence-electron chi connectivity index (χ2n) is 5.76. The molecule has 0 radical (unpaired) electrons. The Kier molecular flexibility index (Phi) is 3.77. The lowest BCUT2D eigenvalue weighted by atomic mass is 10.1. The molecule has 1 aromatic heterocycles. The minimum Gasteiger partial charge on any atom is -0.490 e. The number of hydrogen-bond acceptors (Lipinski definition) is 3. The molecule has 0 amide bonds. The standard InChI is InChI=1S/C17H22N2O/c1-12-10-14-15(11-19-12)16(18)8-9-17(14)20-13-6-4-2-3-5-7-13/h8-11,13H,2-7,18H2,1H3. The number of rotatable bonds is 2. The number of aryl methyl sites for hydroxylation is 1. The highest BCUT2D eigenvalue weighted by atomic mass is 16.5. The predicted molar refractivity (Wildman–Crippen MR) is 83.0 cm³/mol. The summed E-state index contributed by atoms with van der Waals surface area (Å²) in [5.74, 6) is 0.951. The molecule has 3 heteroatoms. The maximum Gasteiger partial charge on any atom is 0.127 e. The first-order valence-corrected chi connectivity index (χ1v) is 7.55. The molecule has 1 aromatic carbocycles. The Bertz CT molecular complexity index is 601. The number of fused-ring (bicyclic) bond motifs is 1. The number of nitrogen functional groups attached to an aromatic ring is 1. The van der Waals surface area contributed by atoms with Crippen LogP contribution in [0.5, 0.6) is 5.75 Å². The van der Waals surface area contributed by atoms with Crippen LogP contribution in [0, 0.1) is 6.92 Å². The number of nitrogens with zero attached hydrogens (tertiary/aromatic N) is 1. The molecule has 0 atom stereocenters. The predicted octanol–water partition coefficient (Wildman–Crippen LogP) is 4.23. The summed E-state index contributed by atoms with van der Waals surface area (Å²) in [7, 11) is 0. The molecule has 2 aromatic rings. The van der Waals surface area contributed by atoms with E-state index < -0.39 is 0 Å². The number of pyridine rings is 1. The van der Waals surface area contributed by atoms with Crippen molar-refractivity contribution in [2.45, 2.75) is 51.6 Å². The van der Waals surface area contributed by atoms with Crippen molar-refractivity contribution in [3.05, 3.63) is 30.1 Å². The molecule has 1 aliphatic carbocycles. The lowest BCUT2D eigenvalue weighted by Gasteiger charge is -2.19. The molecule has 1 fully saturated rings. The van der Waals surface area contributed by atoms with Crippen molar-refractivity contribution in [1.82, 2.24) is 4.98 Å². The van der Waals surface area contributed by atoms with Gasteiger partial charge in [-0.1, -0.05) is 12.8 Å². The van der Waals surface area contributed by atoms with Crippen LogP contribution < -0.4 is 10.5 Å². The smallest absolute Gasteiger partial charge is 0.127 e. The average molecular weight is 270 g/mol. The summed E-state index contributed by atoms with van der Waals surface area (Å²) < 4.78 is 6.28. The van der Waals surface area contributed by atoms with E-state index in [1.54, 1.807) is 0 Å². The number of aromatic nitrogens is 1. The van der Waals surface area contributed by atoms with E-state index in [1.807, 2.05) is 25.3 Å². The van der Waals surface area contributed by atoms with Crippen LogP contribution in [0.25, 0.3) is 10.8 Å². The number of benzene rings is 1. The second kappa shape index (κ2) is 5.70. The van der Waals surface area contributed by atoms with Gasteiger partial charge < -0.3 is 10.5 Å². The molecule has 3 rings (SSSR count). The summed E-state index contributed by atoms with van der Waals surface area (Å²) in [4.78, 5) is 4.34. The van der Waals surface area contributed by atoms with Gasteiger partial charge >= 0.3 is 0 Å². The molecule has 3 nitrogen and oxygen atoms in total. The molecule has 0 aliphatic heterocycles. The first-order valence-electron chi connectivity index (χ1n) is 7.55. The van der Waals surface area contributed by atoms with Gasteiger partial charge in [0.2, 0.25) is 0 Å². The van der Waals surface area contributed by atoms with E-state index in [0.29, 0.717) is 6.10 Å².